The third-order valence-corrected chi connectivity index (χ3v) is 6.37. The Kier molecular flexibility index (Phi) is 6.97. The Morgan fingerprint density at radius 3 is 2.59 bits per heavy atom. The van der Waals surface area contributed by atoms with Crippen molar-refractivity contribution in [3.8, 4) is 16.9 Å². The largest absolute Gasteiger partial charge is 0.493 e. The fraction of sp³-hybridized carbons (Fsp3) is 0.417. The number of likely N-dealkylation sites (tertiary alicyclic amines) is 1. The molecule has 2 fully saturated rings. The summed E-state index contributed by atoms with van der Waals surface area (Å²) in [7, 11) is 0. The molecular formula is C24H26F3N3O4. The van der Waals surface area contributed by atoms with Gasteiger partial charge in [-0.2, -0.15) is 13.2 Å². The van der Waals surface area contributed by atoms with Gasteiger partial charge in [-0.1, -0.05) is 18.2 Å². The highest BCUT2D eigenvalue weighted by Gasteiger charge is 2.38. The van der Waals surface area contributed by atoms with E-state index in [1.165, 1.54) is 5.56 Å². The van der Waals surface area contributed by atoms with Gasteiger partial charge in [0, 0.05) is 25.2 Å². The van der Waals surface area contributed by atoms with Crippen LogP contribution in [0.5, 0.6) is 5.75 Å². The van der Waals surface area contributed by atoms with E-state index in [0.29, 0.717) is 5.92 Å². The zero-order valence-corrected chi connectivity index (χ0v) is 18.4. The van der Waals surface area contributed by atoms with Crippen LogP contribution in [0.15, 0.2) is 42.5 Å². The van der Waals surface area contributed by atoms with Crippen molar-refractivity contribution >= 4 is 17.7 Å². The van der Waals surface area contributed by atoms with Gasteiger partial charge in [-0.25, -0.2) is 9.59 Å². The van der Waals surface area contributed by atoms with E-state index in [4.69, 9.17) is 14.6 Å². The van der Waals surface area contributed by atoms with Crippen LogP contribution in [-0.4, -0.2) is 61.0 Å². The molecule has 0 radical (unpaired) electrons. The average Bonchev–Trinajstić information content (AvgIpc) is 3.47. The highest BCUT2D eigenvalue weighted by atomic mass is 19.4. The molecule has 10 heteroatoms. The van der Waals surface area contributed by atoms with Crippen LogP contribution < -0.4 is 15.4 Å². The number of rotatable bonds is 2. The van der Waals surface area contributed by atoms with Gasteiger partial charge in [0.1, 0.15) is 5.75 Å². The van der Waals surface area contributed by atoms with Crippen molar-refractivity contribution < 1.29 is 32.6 Å². The first kappa shape index (κ1) is 23.9. The summed E-state index contributed by atoms with van der Waals surface area (Å²) in [5.74, 6) is -0.425. The van der Waals surface area contributed by atoms with Gasteiger partial charge in [0.25, 0.3) is 0 Å². The van der Waals surface area contributed by atoms with Gasteiger partial charge in [0.2, 0.25) is 0 Å². The third-order valence-electron chi connectivity index (χ3n) is 6.37. The number of alkyl halides is 3. The number of benzene rings is 2. The van der Waals surface area contributed by atoms with E-state index in [-0.39, 0.29) is 6.03 Å². The number of fused-ring (bicyclic) bond motifs is 2. The molecule has 0 bridgehead atoms. The minimum Gasteiger partial charge on any atom is -0.493 e. The second kappa shape index (κ2) is 9.92. The summed E-state index contributed by atoms with van der Waals surface area (Å²) in [6, 6.07) is 14.4. The highest BCUT2D eigenvalue weighted by Crippen LogP contribution is 2.32. The van der Waals surface area contributed by atoms with E-state index in [9.17, 15) is 18.0 Å². The smallest absolute Gasteiger partial charge is 0.490 e. The molecule has 3 aliphatic rings. The number of hydrogen-bond acceptors (Lipinski definition) is 4. The first-order chi connectivity index (χ1) is 16.2. The van der Waals surface area contributed by atoms with Gasteiger partial charge >= 0.3 is 18.2 Å². The number of hydrogen-bond donors (Lipinski definition) is 3. The normalized spacial score (nSPS) is 21.0. The first-order valence-electron chi connectivity index (χ1n) is 11.1. The van der Waals surface area contributed by atoms with Crippen LogP contribution in [0.25, 0.3) is 11.1 Å². The molecule has 2 atom stereocenters. The fourth-order valence-electron chi connectivity index (χ4n) is 4.56. The van der Waals surface area contributed by atoms with Crippen LogP contribution in [0.2, 0.25) is 0 Å². The van der Waals surface area contributed by atoms with Crippen LogP contribution in [0.1, 0.15) is 12.0 Å². The minimum atomic E-state index is -5.08. The van der Waals surface area contributed by atoms with Gasteiger partial charge in [0.15, 0.2) is 0 Å². The van der Waals surface area contributed by atoms with E-state index in [2.05, 4.69) is 34.9 Å². The number of amides is 2. The molecule has 3 aliphatic heterocycles. The quantitative estimate of drug-likeness (QED) is 0.609. The lowest BCUT2D eigenvalue weighted by molar-refractivity contribution is -0.192. The maximum Gasteiger partial charge on any atom is 0.490 e. The second-order valence-corrected chi connectivity index (χ2v) is 8.65. The third kappa shape index (κ3) is 5.61. The van der Waals surface area contributed by atoms with Crippen molar-refractivity contribution in [2.24, 2.45) is 11.8 Å². The number of carboxylic acid groups (broad SMARTS) is 1. The highest BCUT2D eigenvalue weighted by molar-refractivity contribution is 5.90. The monoisotopic (exact) mass is 477 g/mol. The van der Waals surface area contributed by atoms with Gasteiger partial charge in [-0.05, 0) is 72.3 Å². The summed E-state index contributed by atoms with van der Waals surface area (Å²) in [5.41, 5.74) is 4.38. The van der Waals surface area contributed by atoms with Crippen molar-refractivity contribution in [1.82, 2.24) is 10.2 Å². The van der Waals surface area contributed by atoms with Crippen LogP contribution >= 0.6 is 0 Å². The number of halogens is 3. The van der Waals surface area contributed by atoms with Gasteiger partial charge in [-0.15, -0.1) is 0 Å². The molecule has 7 nitrogen and oxygen atoms in total. The van der Waals surface area contributed by atoms with E-state index in [1.807, 2.05) is 23.1 Å². The summed E-state index contributed by atoms with van der Waals surface area (Å²) in [6.45, 7) is 4.61. The molecule has 5 rings (SSSR count). The molecule has 0 unspecified atom stereocenters. The van der Waals surface area contributed by atoms with Crippen molar-refractivity contribution in [2.45, 2.75) is 19.0 Å². The zero-order valence-electron chi connectivity index (χ0n) is 18.4. The van der Waals surface area contributed by atoms with Crippen LogP contribution in [0.3, 0.4) is 0 Å². The molecule has 2 saturated heterocycles. The number of urea groups is 1. The lowest BCUT2D eigenvalue weighted by Crippen LogP contribution is -2.45. The number of carboxylic acids is 1. The molecule has 3 heterocycles. The van der Waals surface area contributed by atoms with Crippen molar-refractivity contribution in [1.29, 1.82) is 0 Å². The number of piperidine rings is 1. The van der Waals surface area contributed by atoms with Gasteiger partial charge in [-0.3, -0.25) is 0 Å². The summed E-state index contributed by atoms with van der Waals surface area (Å²) in [5, 5.41) is 13.7. The van der Waals surface area contributed by atoms with Crippen LogP contribution in [-0.2, 0) is 11.2 Å². The molecule has 2 aromatic rings. The van der Waals surface area contributed by atoms with E-state index in [0.717, 1.165) is 74.1 Å². The molecule has 182 valence electrons. The molecule has 3 N–H and O–H groups in total. The molecule has 0 spiro atoms. The van der Waals surface area contributed by atoms with E-state index in [1.54, 1.807) is 0 Å². The number of anilines is 1. The number of ether oxygens (including phenoxy) is 1. The number of aliphatic carboxylic acids is 1. The van der Waals surface area contributed by atoms with E-state index < -0.39 is 12.1 Å². The summed E-state index contributed by atoms with van der Waals surface area (Å²) in [4.78, 5) is 23.6. The lowest BCUT2D eigenvalue weighted by atomic mass is 9.89. The standard InChI is InChI=1S/C22H25N3O2.C2HF3O2/c26-22(25-8-6-18-12-23-13-19(18)14-25)24-20-3-1-2-15(11-20)16-4-5-21-17(10-16)7-9-27-21;3-2(4,5)1(6)7/h1-5,10-11,18-19,23H,6-9,12-14H2,(H,24,26);(H,6,7)/t18-,19-;/m1./s1. The summed E-state index contributed by atoms with van der Waals surface area (Å²) < 4.78 is 37.3. The van der Waals surface area contributed by atoms with Crippen LogP contribution in [0, 0.1) is 11.8 Å². The molecule has 34 heavy (non-hydrogen) atoms. The second-order valence-electron chi connectivity index (χ2n) is 8.65. The van der Waals surface area contributed by atoms with Crippen molar-refractivity contribution in [3.63, 3.8) is 0 Å². The Bertz CT molecular complexity index is 1060. The number of nitrogens with zero attached hydrogens (tertiary/aromatic N) is 1. The maximum atomic E-state index is 12.7. The first-order valence-corrected chi connectivity index (χ1v) is 11.1. The predicted octanol–water partition coefficient (Wildman–Crippen LogP) is 4.00. The molecule has 2 aromatic carbocycles. The van der Waals surface area contributed by atoms with Gasteiger partial charge < -0.3 is 25.4 Å². The molecule has 0 saturated carbocycles. The van der Waals surface area contributed by atoms with Crippen molar-refractivity contribution in [2.75, 3.05) is 38.1 Å². The van der Waals surface area contributed by atoms with E-state index >= 15 is 0 Å². The Morgan fingerprint density at radius 2 is 1.82 bits per heavy atom. The lowest BCUT2D eigenvalue weighted by Gasteiger charge is -2.34. The van der Waals surface area contributed by atoms with Crippen molar-refractivity contribution in [3.05, 3.63) is 48.0 Å². The molecular weight excluding hydrogens is 451 g/mol. The number of nitrogens with one attached hydrogen (secondary N) is 2. The zero-order chi connectivity index (χ0) is 24.3. The molecule has 0 aliphatic carbocycles. The SMILES string of the molecule is O=C(Nc1cccc(-c2ccc3c(c2)CCO3)c1)N1CC[C@@H]2CNC[C@@H]2C1.O=C(O)C(F)(F)F. The molecule has 0 aromatic heterocycles. The Hall–Kier alpha value is -3.27. The Balaban J connectivity index is 0.000000344. The summed E-state index contributed by atoms with van der Waals surface area (Å²) >= 11 is 0. The number of carbonyl (C=O) groups is 2. The maximum absolute atomic E-state index is 12.7. The summed E-state index contributed by atoms with van der Waals surface area (Å²) in [6.07, 6.45) is -3.02. The predicted molar refractivity (Wildman–Crippen MR) is 120 cm³/mol. The Morgan fingerprint density at radius 1 is 1.09 bits per heavy atom. The van der Waals surface area contributed by atoms with Crippen LogP contribution in [0.4, 0.5) is 23.7 Å². The molecule has 2 amide bonds. The minimum absolute atomic E-state index is 0.0138. The van der Waals surface area contributed by atoms with Gasteiger partial charge in [0.05, 0.1) is 6.61 Å². The topological polar surface area (TPSA) is 90.9 Å². The number of carbonyl (C=O) groups excluding carboxylic acids is 1. The fourth-order valence-corrected chi connectivity index (χ4v) is 4.56. The Labute approximate surface area is 194 Å². The average molecular weight is 477 g/mol.